The molecule has 2 heterocycles. The molecule has 9 N–H and O–H groups in total. The third-order valence-corrected chi connectivity index (χ3v) is 14.8. The number of unbranched alkanes of at least 4 members (excludes halogenated alkanes) is 34. The number of carbonyl (C=O) groups excluding carboxylic acids is 1. The molecule has 0 saturated carbocycles. The lowest BCUT2D eigenvalue weighted by molar-refractivity contribution is -0.359. The van der Waals surface area contributed by atoms with Crippen LogP contribution in [0.2, 0.25) is 0 Å². The molecule has 0 aromatic rings. The molecule has 70 heavy (non-hydrogen) atoms. The Bertz CT molecular complexity index is 1180. The maximum Gasteiger partial charge on any atom is 0.220 e. The predicted molar refractivity (Wildman–Crippen MR) is 277 cm³/mol. The van der Waals surface area contributed by atoms with Gasteiger partial charge in [0.2, 0.25) is 5.91 Å². The number of amides is 1. The van der Waals surface area contributed by atoms with E-state index in [1.807, 2.05) is 0 Å². The summed E-state index contributed by atoms with van der Waals surface area (Å²) in [5.41, 5.74) is 0. The highest BCUT2D eigenvalue weighted by Gasteiger charge is 2.51. The summed E-state index contributed by atoms with van der Waals surface area (Å²) in [5, 5.41) is 87.1. The van der Waals surface area contributed by atoms with Gasteiger partial charge in [0.15, 0.2) is 12.6 Å². The minimum Gasteiger partial charge on any atom is -0.394 e. The number of aliphatic hydroxyl groups excluding tert-OH is 8. The van der Waals surface area contributed by atoms with Crippen molar-refractivity contribution in [3.63, 3.8) is 0 Å². The van der Waals surface area contributed by atoms with Crippen LogP contribution in [-0.2, 0) is 23.7 Å². The van der Waals surface area contributed by atoms with Crippen LogP contribution in [0.25, 0.3) is 0 Å². The standard InChI is InChI=1S/C56H109NO13/c1-3-5-7-9-11-13-15-17-18-19-20-21-22-23-24-25-26-27-28-29-31-33-35-37-39-45(60)44(57-48(61)40-38-36-34-32-30-16-14-12-10-8-6-4-2)43-67-55-53(66)51(64)54(47(42-59)69-55)70-56-52(65)50(63)49(62)46(41-58)68-56/h44-47,49-56,58-60,62-66H,3-43H2,1-2H3,(H,57,61). The summed E-state index contributed by atoms with van der Waals surface area (Å²) in [6.07, 6.45) is 29.7. The Morgan fingerprint density at radius 1 is 0.457 bits per heavy atom. The van der Waals surface area contributed by atoms with E-state index in [-0.39, 0.29) is 12.5 Å². The van der Waals surface area contributed by atoms with Crippen LogP contribution < -0.4 is 5.32 Å². The average molecular weight is 1000 g/mol. The molecular weight excluding hydrogens is 895 g/mol. The molecule has 0 aromatic carbocycles. The third-order valence-electron chi connectivity index (χ3n) is 14.8. The zero-order valence-corrected chi connectivity index (χ0v) is 44.5. The second kappa shape index (κ2) is 43.3. The Morgan fingerprint density at radius 2 is 0.814 bits per heavy atom. The molecule has 0 radical (unpaired) electrons. The summed E-state index contributed by atoms with van der Waals surface area (Å²) in [6.45, 7) is 2.88. The molecule has 2 rings (SSSR count). The number of rotatable bonds is 47. The van der Waals surface area contributed by atoms with Crippen molar-refractivity contribution in [3.05, 3.63) is 0 Å². The van der Waals surface area contributed by atoms with Crippen LogP contribution in [-0.4, -0.2) is 140 Å². The Hall–Kier alpha value is -1.01. The van der Waals surface area contributed by atoms with Crippen LogP contribution >= 0.6 is 0 Å². The second-order valence-corrected chi connectivity index (χ2v) is 21.1. The number of ether oxygens (including phenoxy) is 4. The van der Waals surface area contributed by atoms with E-state index < -0.39 is 86.8 Å². The quantitative estimate of drug-likeness (QED) is 0.0259. The van der Waals surface area contributed by atoms with Gasteiger partial charge in [-0.05, 0) is 12.8 Å². The minimum atomic E-state index is -1.78. The summed E-state index contributed by atoms with van der Waals surface area (Å²) >= 11 is 0. The average Bonchev–Trinajstić information content (AvgIpc) is 3.36. The highest BCUT2D eigenvalue weighted by Crippen LogP contribution is 2.30. The molecule has 2 aliphatic rings. The van der Waals surface area contributed by atoms with E-state index in [1.165, 1.54) is 180 Å². The molecule has 12 atom stereocenters. The van der Waals surface area contributed by atoms with Crippen LogP contribution in [0, 0.1) is 0 Å². The maximum absolute atomic E-state index is 13.2. The normalized spacial score (nSPS) is 25.9. The van der Waals surface area contributed by atoms with Gasteiger partial charge in [-0.2, -0.15) is 0 Å². The van der Waals surface area contributed by atoms with E-state index in [4.69, 9.17) is 18.9 Å². The predicted octanol–water partition coefficient (Wildman–Crippen LogP) is 9.34. The van der Waals surface area contributed by atoms with Crippen molar-refractivity contribution >= 4 is 5.91 Å². The molecule has 0 aliphatic carbocycles. The zero-order chi connectivity index (χ0) is 51.0. The lowest BCUT2D eigenvalue weighted by atomic mass is 9.97. The number of hydrogen-bond acceptors (Lipinski definition) is 13. The van der Waals surface area contributed by atoms with Gasteiger partial charge < -0.3 is 65.1 Å². The highest BCUT2D eigenvalue weighted by atomic mass is 16.7. The third kappa shape index (κ3) is 29.2. The van der Waals surface area contributed by atoms with Gasteiger partial charge in [0.05, 0.1) is 32.0 Å². The molecule has 1 amide bonds. The van der Waals surface area contributed by atoms with Gasteiger partial charge in [-0.3, -0.25) is 4.79 Å². The van der Waals surface area contributed by atoms with E-state index in [0.29, 0.717) is 12.8 Å². The number of carbonyl (C=O) groups is 1. The Balaban J connectivity index is 1.72. The number of hydrogen-bond donors (Lipinski definition) is 9. The second-order valence-electron chi connectivity index (χ2n) is 21.1. The van der Waals surface area contributed by atoms with Crippen LogP contribution in [0.15, 0.2) is 0 Å². The van der Waals surface area contributed by atoms with Gasteiger partial charge in [0.1, 0.15) is 48.8 Å². The van der Waals surface area contributed by atoms with Crippen molar-refractivity contribution in [2.75, 3.05) is 19.8 Å². The first-order valence-corrected chi connectivity index (χ1v) is 29.3. The molecule has 0 aromatic heterocycles. The van der Waals surface area contributed by atoms with Gasteiger partial charge in [0, 0.05) is 6.42 Å². The first-order valence-electron chi connectivity index (χ1n) is 29.3. The van der Waals surface area contributed by atoms with Crippen LogP contribution in [0.4, 0.5) is 0 Å². The summed E-state index contributed by atoms with van der Waals surface area (Å²) in [7, 11) is 0. The smallest absolute Gasteiger partial charge is 0.220 e. The van der Waals surface area contributed by atoms with Gasteiger partial charge in [-0.25, -0.2) is 0 Å². The largest absolute Gasteiger partial charge is 0.394 e. The summed E-state index contributed by atoms with van der Waals surface area (Å²) in [4.78, 5) is 13.2. The topological polar surface area (TPSA) is 228 Å². The fraction of sp³-hybridized carbons (Fsp3) is 0.982. The van der Waals surface area contributed by atoms with E-state index in [9.17, 15) is 45.6 Å². The Labute approximate surface area is 425 Å². The zero-order valence-electron chi connectivity index (χ0n) is 44.5. The molecule has 14 nitrogen and oxygen atoms in total. The molecule has 2 aliphatic heterocycles. The molecule has 2 fully saturated rings. The summed E-state index contributed by atoms with van der Waals surface area (Å²) in [6, 6.07) is -0.821. The van der Waals surface area contributed by atoms with Crippen molar-refractivity contribution in [1.29, 1.82) is 0 Å². The van der Waals surface area contributed by atoms with E-state index in [0.717, 1.165) is 51.4 Å². The van der Waals surface area contributed by atoms with E-state index in [1.54, 1.807) is 0 Å². The molecule has 14 heteroatoms. The van der Waals surface area contributed by atoms with Gasteiger partial charge in [-0.15, -0.1) is 0 Å². The van der Waals surface area contributed by atoms with Gasteiger partial charge >= 0.3 is 0 Å². The first kappa shape index (κ1) is 65.1. The number of nitrogens with one attached hydrogen (secondary N) is 1. The molecule has 12 unspecified atom stereocenters. The van der Waals surface area contributed by atoms with Crippen LogP contribution in [0.1, 0.15) is 258 Å². The molecule has 0 spiro atoms. The fourth-order valence-electron chi connectivity index (χ4n) is 10.1. The van der Waals surface area contributed by atoms with Crippen molar-refractivity contribution in [2.24, 2.45) is 0 Å². The fourth-order valence-corrected chi connectivity index (χ4v) is 10.1. The van der Waals surface area contributed by atoms with Crippen LogP contribution in [0.5, 0.6) is 0 Å². The first-order chi connectivity index (χ1) is 34.1. The lowest BCUT2D eigenvalue weighted by Crippen LogP contribution is -2.65. The summed E-state index contributed by atoms with van der Waals surface area (Å²) in [5.74, 6) is -0.203. The monoisotopic (exact) mass is 1000 g/mol. The molecule has 2 saturated heterocycles. The van der Waals surface area contributed by atoms with Gasteiger partial charge in [0.25, 0.3) is 0 Å². The minimum absolute atomic E-state index is 0.203. The van der Waals surface area contributed by atoms with Gasteiger partial charge in [-0.1, -0.05) is 239 Å². The van der Waals surface area contributed by atoms with Crippen molar-refractivity contribution < 1.29 is 64.6 Å². The summed E-state index contributed by atoms with van der Waals surface area (Å²) < 4.78 is 22.8. The van der Waals surface area contributed by atoms with Crippen LogP contribution in [0.3, 0.4) is 0 Å². The highest BCUT2D eigenvalue weighted by molar-refractivity contribution is 5.76. The molecular formula is C56H109NO13. The van der Waals surface area contributed by atoms with E-state index in [2.05, 4.69) is 19.2 Å². The van der Waals surface area contributed by atoms with Crippen molar-refractivity contribution in [1.82, 2.24) is 5.32 Å². The number of aliphatic hydroxyl groups is 8. The van der Waals surface area contributed by atoms with Crippen molar-refractivity contribution in [2.45, 2.75) is 331 Å². The molecule has 0 bridgehead atoms. The SMILES string of the molecule is CCCCCCCCCCCCCCCCCCCCCCCCCCC(O)C(COC1OC(CO)C(OC2OC(CO)C(O)C(O)C2O)C(O)C1O)NC(=O)CCCCCCCCCCCCCC. The lowest BCUT2D eigenvalue weighted by Gasteiger charge is -2.46. The molecule has 416 valence electrons. The maximum atomic E-state index is 13.2. The Kier molecular flexibility index (Phi) is 40.2. The van der Waals surface area contributed by atoms with Crippen molar-refractivity contribution in [3.8, 4) is 0 Å². The Morgan fingerprint density at radius 3 is 1.21 bits per heavy atom. The van der Waals surface area contributed by atoms with E-state index >= 15 is 0 Å².